The Labute approximate surface area is 131 Å². The highest BCUT2D eigenvalue weighted by molar-refractivity contribution is 7.71. The minimum Gasteiger partial charge on any atom is -0.328 e. The molecule has 5 heteroatoms. The van der Waals surface area contributed by atoms with Gasteiger partial charge in [0, 0.05) is 13.6 Å². The molecule has 1 fully saturated rings. The third-order valence-electron chi connectivity index (χ3n) is 5.14. The van der Waals surface area contributed by atoms with Gasteiger partial charge in [0.05, 0.1) is 5.69 Å². The SMILES string of the molecule is CCc1nn(C)c2c1[nH]c(=S)n2CC1CCC(CC)CC1. The summed E-state index contributed by atoms with van der Waals surface area (Å²) in [4.78, 5) is 3.37. The summed E-state index contributed by atoms with van der Waals surface area (Å²) in [6.45, 7) is 5.50. The fraction of sp³-hybridized carbons (Fsp3) is 0.750. The highest BCUT2D eigenvalue weighted by Crippen LogP contribution is 2.32. The molecule has 21 heavy (non-hydrogen) atoms. The van der Waals surface area contributed by atoms with Gasteiger partial charge in [-0.05, 0) is 43.3 Å². The Morgan fingerprint density at radius 3 is 2.48 bits per heavy atom. The van der Waals surface area contributed by atoms with Crippen molar-refractivity contribution in [1.82, 2.24) is 19.3 Å². The summed E-state index contributed by atoms with van der Waals surface area (Å²) in [5, 5.41) is 4.61. The topological polar surface area (TPSA) is 38.5 Å². The highest BCUT2D eigenvalue weighted by atomic mass is 32.1. The van der Waals surface area contributed by atoms with Crippen molar-refractivity contribution in [3.63, 3.8) is 0 Å². The number of fused-ring (bicyclic) bond motifs is 1. The van der Waals surface area contributed by atoms with E-state index in [0.29, 0.717) is 0 Å². The van der Waals surface area contributed by atoms with Crippen LogP contribution in [-0.2, 0) is 20.0 Å². The second-order valence-electron chi connectivity index (χ2n) is 6.46. The van der Waals surface area contributed by atoms with Gasteiger partial charge in [0.25, 0.3) is 0 Å². The molecule has 1 saturated carbocycles. The molecular weight excluding hydrogens is 280 g/mol. The maximum absolute atomic E-state index is 5.55. The number of nitrogens with zero attached hydrogens (tertiary/aromatic N) is 3. The van der Waals surface area contributed by atoms with Crippen LogP contribution < -0.4 is 0 Å². The number of rotatable bonds is 4. The van der Waals surface area contributed by atoms with Crippen LogP contribution >= 0.6 is 12.2 Å². The number of nitrogens with one attached hydrogen (secondary N) is 1. The standard InChI is InChI=1S/C16H26N4S/c1-4-11-6-8-12(9-7-11)10-20-15-14(17-16(20)21)13(5-2)18-19(15)3/h11-12H,4-10H2,1-3H3,(H,17,21). The van der Waals surface area contributed by atoms with E-state index in [1.165, 1.54) is 32.1 Å². The monoisotopic (exact) mass is 306 g/mol. The zero-order valence-electron chi connectivity index (χ0n) is 13.4. The molecule has 0 aromatic carbocycles. The van der Waals surface area contributed by atoms with E-state index in [1.807, 2.05) is 11.7 Å². The van der Waals surface area contributed by atoms with Crippen molar-refractivity contribution in [2.75, 3.05) is 0 Å². The van der Waals surface area contributed by atoms with Gasteiger partial charge in [-0.2, -0.15) is 5.10 Å². The van der Waals surface area contributed by atoms with Crippen LogP contribution in [0.1, 0.15) is 51.6 Å². The van der Waals surface area contributed by atoms with Crippen LogP contribution in [0.2, 0.25) is 0 Å². The number of imidazole rings is 1. The number of hydrogen-bond acceptors (Lipinski definition) is 2. The number of aryl methyl sites for hydroxylation is 2. The molecule has 0 atom stereocenters. The smallest absolute Gasteiger partial charge is 0.179 e. The fourth-order valence-corrected chi connectivity index (χ4v) is 4.04. The van der Waals surface area contributed by atoms with Crippen LogP contribution in [-0.4, -0.2) is 19.3 Å². The van der Waals surface area contributed by atoms with Gasteiger partial charge in [0.15, 0.2) is 10.4 Å². The first kappa shape index (κ1) is 14.8. The molecule has 1 N–H and O–H groups in total. The van der Waals surface area contributed by atoms with Crippen molar-refractivity contribution < 1.29 is 0 Å². The minimum atomic E-state index is 0.762. The first-order valence-electron chi connectivity index (χ1n) is 8.28. The molecule has 4 nitrogen and oxygen atoms in total. The number of hydrogen-bond donors (Lipinski definition) is 1. The molecule has 0 saturated heterocycles. The summed E-state index contributed by atoms with van der Waals surface area (Å²) in [5.41, 5.74) is 3.41. The second kappa shape index (κ2) is 5.95. The van der Waals surface area contributed by atoms with Gasteiger partial charge in [0.2, 0.25) is 0 Å². The lowest BCUT2D eigenvalue weighted by molar-refractivity contribution is 0.248. The Morgan fingerprint density at radius 1 is 1.19 bits per heavy atom. The van der Waals surface area contributed by atoms with E-state index in [9.17, 15) is 0 Å². The molecule has 2 aromatic heterocycles. The molecule has 1 aliphatic rings. The van der Waals surface area contributed by atoms with Crippen LogP contribution in [0.15, 0.2) is 0 Å². The zero-order valence-corrected chi connectivity index (χ0v) is 14.2. The minimum absolute atomic E-state index is 0.762. The average molecular weight is 306 g/mol. The van der Waals surface area contributed by atoms with Gasteiger partial charge in [0.1, 0.15) is 5.52 Å². The lowest BCUT2D eigenvalue weighted by Crippen LogP contribution is -2.19. The van der Waals surface area contributed by atoms with Crippen LogP contribution in [0.4, 0.5) is 0 Å². The lowest BCUT2D eigenvalue weighted by atomic mass is 9.81. The third kappa shape index (κ3) is 2.68. The van der Waals surface area contributed by atoms with E-state index in [1.54, 1.807) is 0 Å². The molecule has 2 aromatic rings. The van der Waals surface area contributed by atoms with Crippen LogP contribution in [0.5, 0.6) is 0 Å². The first-order chi connectivity index (χ1) is 10.1. The lowest BCUT2D eigenvalue weighted by Gasteiger charge is -2.28. The van der Waals surface area contributed by atoms with Gasteiger partial charge in [-0.15, -0.1) is 0 Å². The Kier molecular flexibility index (Phi) is 4.20. The van der Waals surface area contributed by atoms with Gasteiger partial charge < -0.3 is 9.55 Å². The molecule has 0 unspecified atom stereocenters. The normalized spacial score (nSPS) is 23.0. The summed E-state index contributed by atoms with van der Waals surface area (Å²) < 4.78 is 5.11. The van der Waals surface area contributed by atoms with Gasteiger partial charge in [-0.25, -0.2) is 0 Å². The second-order valence-corrected chi connectivity index (χ2v) is 6.84. The van der Waals surface area contributed by atoms with E-state index in [0.717, 1.165) is 46.4 Å². The quantitative estimate of drug-likeness (QED) is 0.859. The van der Waals surface area contributed by atoms with Crippen LogP contribution in [0.25, 0.3) is 11.2 Å². The van der Waals surface area contributed by atoms with E-state index >= 15 is 0 Å². The molecule has 0 radical (unpaired) electrons. The van der Waals surface area contributed by atoms with Crippen molar-refractivity contribution in [1.29, 1.82) is 0 Å². The predicted molar refractivity (Wildman–Crippen MR) is 89.0 cm³/mol. The molecule has 0 aliphatic heterocycles. The summed E-state index contributed by atoms with van der Waals surface area (Å²) in [6.07, 6.45) is 7.72. The molecular formula is C16H26N4S. The van der Waals surface area contributed by atoms with E-state index in [4.69, 9.17) is 12.2 Å². The maximum Gasteiger partial charge on any atom is 0.179 e. The van der Waals surface area contributed by atoms with E-state index in [2.05, 4.69) is 28.5 Å². The summed E-state index contributed by atoms with van der Waals surface area (Å²) in [5.74, 6) is 1.71. The molecule has 2 heterocycles. The number of aromatic amines is 1. The van der Waals surface area contributed by atoms with E-state index in [-0.39, 0.29) is 0 Å². The largest absolute Gasteiger partial charge is 0.328 e. The van der Waals surface area contributed by atoms with Gasteiger partial charge >= 0.3 is 0 Å². The predicted octanol–water partition coefficient (Wildman–Crippen LogP) is 4.21. The van der Waals surface area contributed by atoms with Crippen molar-refractivity contribution in [3.05, 3.63) is 10.5 Å². The molecule has 3 rings (SSSR count). The number of H-pyrrole nitrogens is 1. The molecule has 1 aliphatic carbocycles. The number of aromatic nitrogens is 4. The van der Waals surface area contributed by atoms with Gasteiger partial charge in [-0.3, -0.25) is 4.68 Å². The maximum atomic E-state index is 5.55. The summed E-state index contributed by atoms with van der Waals surface area (Å²) in [7, 11) is 2.02. The first-order valence-corrected chi connectivity index (χ1v) is 8.69. The highest BCUT2D eigenvalue weighted by Gasteiger charge is 2.22. The molecule has 116 valence electrons. The summed E-state index contributed by atoms with van der Waals surface area (Å²) in [6, 6.07) is 0. The van der Waals surface area contributed by atoms with Crippen LogP contribution in [0, 0.1) is 16.6 Å². The Hall–Kier alpha value is -1.10. The van der Waals surface area contributed by atoms with E-state index < -0.39 is 0 Å². The molecule has 0 amide bonds. The molecule has 0 bridgehead atoms. The Balaban J connectivity index is 1.86. The Morgan fingerprint density at radius 2 is 1.86 bits per heavy atom. The van der Waals surface area contributed by atoms with Crippen LogP contribution in [0.3, 0.4) is 0 Å². The van der Waals surface area contributed by atoms with Crippen molar-refractivity contribution in [2.45, 2.75) is 58.9 Å². The molecule has 0 spiro atoms. The average Bonchev–Trinajstić information content (AvgIpc) is 2.98. The zero-order chi connectivity index (χ0) is 15.0. The van der Waals surface area contributed by atoms with Gasteiger partial charge in [-0.1, -0.05) is 33.1 Å². The fourth-order valence-electron chi connectivity index (χ4n) is 3.77. The third-order valence-corrected chi connectivity index (χ3v) is 5.46. The van der Waals surface area contributed by atoms with Crippen molar-refractivity contribution >= 4 is 23.4 Å². The summed E-state index contributed by atoms with van der Waals surface area (Å²) >= 11 is 5.55. The van der Waals surface area contributed by atoms with Crippen molar-refractivity contribution in [2.24, 2.45) is 18.9 Å². The van der Waals surface area contributed by atoms with Crippen molar-refractivity contribution in [3.8, 4) is 0 Å². The Bertz CT molecular complexity index is 670.